The monoisotopic (exact) mass is 318 g/mol. The Morgan fingerprint density at radius 3 is 2.55 bits per heavy atom. The summed E-state index contributed by atoms with van der Waals surface area (Å²) < 4.78 is 5.11. The quantitative estimate of drug-likeness (QED) is 0.657. The highest BCUT2D eigenvalue weighted by molar-refractivity contribution is 6.30. The molecule has 5 nitrogen and oxygen atoms in total. The third-order valence-corrected chi connectivity index (χ3v) is 3.28. The standard InChI is InChI=1S/C16H19ClN4O/c1-18-16(19-10-12-6-8-13(17)9-7-12)20-11-14-4-3-5-15(21-14)22-2/h3-9H,10-11H2,1-2H3,(H2,18,19,20). The number of pyridine rings is 1. The summed E-state index contributed by atoms with van der Waals surface area (Å²) in [6.07, 6.45) is 0. The number of halogens is 1. The number of guanidine groups is 1. The molecule has 6 heteroatoms. The molecule has 2 rings (SSSR count). The van der Waals surface area contributed by atoms with Crippen LogP contribution in [-0.4, -0.2) is 25.1 Å². The topological polar surface area (TPSA) is 58.5 Å². The molecule has 1 heterocycles. The van der Waals surface area contributed by atoms with Crippen LogP contribution in [0, 0.1) is 0 Å². The van der Waals surface area contributed by atoms with Crippen molar-refractivity contribution in [1.82, 2.24) is 15.6 Å². The summed E-state index contributed by atoms with van der Waals surface area (Å²) in [5, 5.41) is 7.19. The molecule has 0 radical (unpaired) electrons. The lowest BCUT2D eigenvalue weighted by molar-refractivity contribution is 0.396. The van der Waals surface area contributed by atoms with Gasteiger partial charge in [0.2, 0.25) is 5.88 Å². The van der Waals surface area contributed by atoms with Crippen molar-refractivity contribution in [3.8, 4) is 5.88 Å². The number of aromatic nitrogens is 1. The van der Waals surface area contributed by atoms with Gasteiger partial charge >= 0.3 is 0 Å². The van der Waals surface area contributed by atoms with E-state index in [2.05, 4.69) is 20.6 Å². The average molecular weight is 319 g/mol. The van der Waals surface area contributed by atoms with Crippen molar-refractivity contribution in [2.75, 3.05) is 14.2 Å². The molecule has 0 fully saturated rings. The maximum Gasteiger partial charge on any atom is 0.213 e. The normalized spacial score (nSPS) is 11.1. The zero-order valence-corrected chi connectivity index (χ0v) is 13.4. The number of ether oxygens (including phenoxy) is 1. The van der Waals surface area contributed by atoms with Crippen molar-refractivity contribution in [3.05, 3.63) is 58.7 Å². The molecular weight excluding hydrogens is 300 g/mol. The first-order chi connectivity index (χ1) is 10.7. The third kappa shape index (κ3) is 4.93. The van der Waals surface area contributed by atoms with E-state index in [9.17, 15) is 0 Å². The van der Waals surface area contributed by atoms with Crippen LogP contribution < -0.4 is 15.4 Å². The van der Waals surface area contributed by atoms with Crippen molar-refractivity contribution in [1.29, 1.82) is 0 Å². The second kappa shape index (κ2) is 8.24. The molecule has 0 amide bonds. The van der Waals surface area contributed by atoms with E-state index in [-0.39, 0.29) is 0 Å². The minimum atomic E-state index is 0.567. The molecule has 1 aromatic carbocycles. The van der Waals surface area contributed by atoms with E-state index < -0.39 is 0 Å². The molecule has 0 bridgehead atoms. The number of benzene rings is 1. The average Bonchev–Trinajstić information content (AvgIpc) is 2.57. The predicted octanol–water partition coefficient (Wildman–Crippen LogP) is 2.61. The highest BCUT2D eigenvalue weighted by Gasteiger charge is 2.01. The van der Waals surface area contributed by atoms with Crippen molar-refractivity contribution >= 4 is 17.6 Å². The van der Waals surface area contributed by atoms with Gasteiger partial charge in [-0.3, -0.25) is 4.99 Å². The molecule has 0 atom stereocenters. The molecule has 0 aliphatic carbocycles. The Morgan fingerprint density at radius 1 is 1.14 bits per heavy atom. The molecule has 0 aliphatic heterocycles. The van der Waals surface area contributed by atoms with Gasteiger partial charge in [-0.1, -0.05) is 29.8 Å². The Labute approximate surface area is 135 Å². The number of rotatable bonds is 5. The number of hydrogen-bond donors (Lipinski definition) is 2. The predicted molar refractivity (Wildman–Crippen MR) is 89.3 cm³/mol. The van der Waals surface area contributed by atoms with E-state index in [1.807, 2.05) is 42.5 Å². The molecule has 22 heavy (non-hydrogen) atoms. The van der Waals surface area contributed by atoms with E-state index in [0.717, 1.165) is 16.3 Å². The fraction of sp³-hybridized carbons (Fsp3) is 0.250. The van der Waals surface area contributed by atoms with Gasteiger partial charge < -0.3 is 15.4 Å². The lowest BCUT2D eigenvalue weighted by Crippen LogP contribution is -2.36. The molecule has 1 aromatic heterocycles. The Hall–Kier alpha value is -2.27. The van der Waals surface area contributed by atoms with Crippen LogP contribution in [0.15, 0.2) is 47.5 Å². The van der Waals surface area contributed by atoms with Crippen molar-refractivity contribution < 1.29 is 4.74 Å². The minimum Gasteiger partial charge on any atom is -0.481 e. The van der Waals surface area contributed by atoms with Gasteiger partial charge in [-0.25, -0.2) is 4.98 Å². The van der Waals surface area contributed by atoms with Crippen molar-refractivity contribution in [2.45, 2.75) is 13.1 Å². The largest absolute Gasteiger partial charge is 0.481 e. The maximum absolute atomic E-state index is 5.87. The summed E-state index contributed by atoms with van der Waals surface area (Å²) in [5.41, 5.74) is 2.01. The smallest absolute Gasteiger partial charge is 0.213 e. The summed E-state index contributed by atoms with van der Waals surface area (Å²) >= 11 is 5.87. The van der Waals surface area contributed by atoms with Crippen LogP contribution in [0.4, 0.5) is 0 Å². The van der Waals surface area contributed by atoms with Gasteiger partial charge in [-0.05, 0) is 23.8 Å². The molecular formula is C16H19ClN4O. The summed E-state index contributed by atoms with van der Waals surface area (Å²) in [6, 6.07) is 13.4. The number of aliphatic imine (C=N–C) groups is 1. The second-order valence-electron chi connectivity index (χ2n) is 4.58. The Balaban J connectivity index is 1.85. The van der Waals surface area contributed by atoms with Crippen LogP contribution in [0.25, 0.3) is 0 Å². The zero-order chi connectivity index (χ0) is 15.8. The fourth-order valence-corrected chi connectivity index (χ4v) is 1.98. The molecule has 2 aromatic rings. The van der Waals surface area contributed by atoms with Crippen molar-refractivity contribution in [2.24, 2.45) is 4.99 Å². The van der Waals surface area contributed by atoms with Gasteiger partial charge in [0.05, 0.1) is 19.3 Å². The van der Waals surface area contributed by atoms with Gasteiger partial charge in [-0.15, -0.1) is 0 Å². The van der Waals surface area contributed by atoms with Gasteiger partial charge in [-0.2, -0.15) is 0 Å². The summed E-state index contributed by atoms with van der Waals surface area (Å²) in [7, 11) is 3.34. The van der Waals surface area contributed by atoms with E-state index in [4.69, 9.17) is 16.3 Å². The van der Waals surface area contributed by atoms with Crippen LogP contribution in [0.3, 0.4) is 0 Å². The van der Waals surface area contributed by atoms with Gasteiger partial charge in [0, 0.05) is 24.7 Å². The highest BCUT2D eigenvalue weighted by Crippen LogP contribution is 2.09. The van der Waals surface area contributed by atoms with E-state index in [0.29, 0.717) is 24.9 Å². The highest BCUT2D eigenvalue weighted by atomic mass is 35.5. The van der Waals surface area contributed by atoms with E-state index >= 15 is 0 Å². The molecule has 0 spiro atoms. The SMILES string of the molecule is CN=C(NCc1ccc(Cl)cc1)NCc1cccc(OC)n1. The number of nitrogens with zero attached hydrogens (tertiary/aromatic N) is 2. The molecule has 0 aliphatic rings. The van der Waals surface area contributed by atoms with E-state index in [1.54, 1.807) is 14.2 Å². The van der Waals surface area contributed by atoms with Crippen LogP contribution >= 0.6 is 11.6 Å². The van der Waals surface area contributed by atoms with Crippen LogP contribution in [0.2, 0.25) is 5.02 Å². The lowest BCUT2D eigenvalue weighted by atomic mass is 10.2. The maximum atomic E-state index is 5.87. The first-order valence-electron chi connectivity index (χ1n) is 6.90. The Morgan fingerprint density at radius 2 is 1.86 bits per heavy atom. The molecule has 2 N–H and O–H groups in total. The Kier molecular flexibility index (Phi) is 6.03. The van der Waals surface area contributed by atoms with Gasteiger partial charge in [0.25, 0.3) is 0 Å². The summed E-state index contributed by atoms with van der Waals surface area (Å²) in [6.45, 7) is 1.24. The number of methoxy groups -OCH3 is 1. The fourth-order valence-electron chi connectivity index (χ4n) is 1.85. The Bertz CT molecular complexity index is 628. The summed E-state index contributed by atoms with van der Waals surface area (Å²) in [5.74, 6) is 1.31. The minimum absolute atomic E-state index is 0.567. The van der Waals surface area contributed by atoms with Gasteiger partial charge in [0.15, 0.2) is 5.96 Å². The second-order valence-corrected chi connectivity index (χ2v) is 5.01. The third-order valence-electron chi connectivity index (χ3n) is 3.02. The van der Waals surface area contributed by atoms with Crippen molar-refractivity contribution in [3.63, 3.8) is 0 Å². The molecule has 0 saturated carbocycles. The van der Waals surface area contributed by atoms with E-state index in [1.165, 1.54) is 0 Å². The molecule has 0 saturated heterocycles. The van der Waals surface area contributed by atoms with Crippen LogP contribution in [0.5, 0.6) is 5.88 Å². The van der Waals surface area contributed by atoms with Gasteiger partial charge in [0.1, 0.15) is 0 Å². The lowest BCUT2D eigenvalue weighted by Gasteiger charge is -2.12. The number of hydrogen-bond acceptors (Lipinski definition) is 3. The molecule has 0 unspecified atom stereocenters. The van der Waals surface area contributed by atoms with Crippen LogP contribution in [0.1, 0.15) is 11.3 Å². The number of nitrogens with one attached hydrogen (secondary N) is 2. The zero-order valence-electron chi connectivity index (χ0n) is 12.6. The first-order valence-corrected chi connectivity index (χ1v) is 7.28. The molecule has 116 valence electrons. The summed E-state index contributed by atoms with van der Waals surface area (Å²) in [4.78, 5) is 8.53. The van der Waals surface area contributed by atoms with Crippen LogP contribution in [-0.2, 0) is 13.1 Å². The first kappa shape index (κ1) is 16.1.